The summed E-state index contributed by atoms with van der Waals surface area (Å²) >= 11 is 11.5. The van der Waals surface area contributed by atoms with Crippen molar-refractivity contribution >= 4 is 29.2 Å². The van der Waals surface area contributed by atoms with E-state index in [2.05, 4.69) is 0 Å². The lowest BCUT2D eigenvalue weighted by atomic mass is 10.2. The van der Waals surface area contributed by atoms with E-state index in [1.54, 1.807) is 18.2 Å². The number of urea groups is 1. The molecule has 0 atom stereocenters. The lowest BCUT2D eigenvalue weighted by Crippen LogP contribution is -2.31. The molecule has 0 aromatic heterocycles. The zero-order chi connectivity index (χ0) is 11.4. The zero-order valence-electron chi connectivity index (χ0n) is 8.04. The molecule has 4 nitrogen and oxygen atoms in total. The quantitative estimate of drug-likeness (QED) is 0.836. The molecule has 0 heterocycles. The van der Waals surface area contributed by atoms with Crippen LogP contribution in [-0.4, -0.2) is 18.1 Å². The predicted molar refractivity (Wildman–Crippen MR) is 58.6 cm³/mol. The van der Waals surface area contributed by atoms with Gasteiger partial charge < -0.3 is 5.73 Å². The van der Waals surface area contributed by atoms with E-state index < -0.39 is 6.03 Å². The number of hydrogen-bond acceptors (Lipinski definition) is 2. The molecule has 0 radical (unpaired) electrons. The van der Waals surface area contributed by atoms with Crippen LogP contribution >= 0.6 is 23.2 Å². The van der Waals surface area contributed by atoms with E-state index in [-0.39, 0.29) is 6.61 Å². The molecule has 2 amide bonds. The number of hydroxylamine groups is 2. The van der Waals surface area contributed by atoms with Crippen LogP contribution < -0.4 is 5.73 Å². The van der Waals surface area contributed by atoms with Gasteiger partial charge in [0.05, 0.1) is 10.0 Å². The molecule has 6 heteroatoms. The molecule has 1 rings (SSSR count). The Kier molecular flexibility index (Phi) is 4.20. The molecule has 0 spiro atoms. The summed E-state index contributed by atoms with van der Waals surface area (Å²) in [6.45, 7) is 0.205. The molecule has 0 saturated heterocycles. The monoisotopic (exact) mass is 248 g/mol. The second-order valence-electron chi connectivity index (χ2n) is 2.86. The fourth-order valence-corrected chi connectivity index (χ4v) is 1.19. The molecule has 0 bridgehead atoms. The topological polar surface area (TPSA) is 55.6 Å². The molecule has 0 aliphatic rings. The van der Waals surface area contributed by atoms with Crippen LogP contribution in [0.1, 0.15) is 5.56 Å². The maximum atomic E-state index is 10.6. The van der Waals surface area contributed by atoms with E-state index in [9.17, 15) is 4.79 Å². The van der Waals surface area contributed by atoms with Crippen molar-refractivity contribution in [1.29, 1.82) is 0 Å². The highest BCUT2D eigenvalue weighted by molar-refractivity contribution is 6.42. The van der Waals surface area contributed by atoms with Crippen LogP contribution in [0.4, 0.5) is 4.79 Å². The molecule has 2 N–H and O–H groups in total. The molecule has 15 heavy (non-hydrogen) atoms. The summed E-state index contributed by atoms with van der Waals surface area (Å²) in [6.07, 6.45) is 0. The average molecular weight is 249 g/mol. The van der Waals surface area contributed by atoms with Gasteiger partial charge in [0.1, 0.15) is 6.61 Å². The summed E-state index contributed by atoms with van der Waals surface area (Å²) in [5, 5.41) is 1.87. The van der Waals surface area contributed by atoms with Gasteiger partial charge in [-0.2, -0.15) is 0 Å². The van der Waals surface area contributed by atoms with Gasteiger partial charge in [0.15, 0.2) is 0 Å². The van der Waals surface area contributed by atoms with Crippen LogP contribution in [0.15, 0.2) is 18.2 Å². The van der Waals surface area contributed by atoms with Crippen molar-refractivity contribution in [3.8, 4) is 0 Å². The fourth-order valence-electron chi connectivity index (χ4n) is 0.864. The van der Waals surface area contributed by atoms with Gasteiger partial charge in [0, 0.05) is 7.05 Å². The van der Waals surface area contributed by atoms with E-state index >= 15 is 0 Å². The number of benzene rings is 1. The third-order valence-electron chi connectivity index (χ3n) is 1.72. The molecule has 0 saturated carbocycles. The number of carbonyl (C=O) groups is 1. The second kappa shape index (κ2) is 5.21. The molecule has 0 aliphatic heterocycles. The highest BCUT2D eigenvalue weighted by Crippen LogP contribution is 2.22. The molecule has 82 valence electrons. The summed E-state index contributed by atoms with van der Waals surface area (Å²) in [6, 6.07) is 4.42. The van der Waals surface area contributed by atoms with Crippen molar-refractivity contribution in [3.63, 3.8) is 0 Å². The Bertz CT molecular complexity index is 371. The smallest absolute Gasteiger partial charge is 0.338 e. The number of rotatable bonds is 3. The Morgan fingerprint density at radius 3 is 2.67 bits per heavy atom. The van der Waals surface area contributed by atoms with Gasteiger partial charge in [-0.3, -0.25) is 4.84 Å². The lowest BCUT2D eigenvalue weighted by Gasteiger charge is -2.13. The summed E-state index contributed by atoms with van der Waals surface area (Å²) < 4.78 is 0. The van der Waals surface area contributed by atoms with Crippen molar-refractivity contribution in [1.82, 2.24) is 5.06 Å². The number of amides is 2. The predicted octanol–water partition coefficient (Wildman–Crippen LogP) is 2.44. The molecule has 1 aromatic rings. The number of nitrogens with zero attached hydrogens (tertiary/aromatic N) is 1. The Morgan fingerprint density at radius 2 is 2.13 bits per heavy atom. The first-order valence-electron chi connectivity index (χ1n) is 4.10. The van der Waals surface area contributed by atoms with Gasteiger partial charge in [-0.25, -0.2) is 9.86 Å². The minimum atomic E-state index is -0.657. The molecule has 0 unspecified atom stereocenters. The van der Waals surface area contributed by atoms with Crippen molar-refractivity contribution in [3.05, 3.63) is 33.8 Å². The highest BCUT2D eigenvalue weighted by atomic mass is 35.5. The van der Waals surface area contributed by atoms with Gasteiger partial charge in [-0.05, 0) is 17.7 Å². The Labute approximate surface area is 97.5 Å². The summed E-state index contributed by atoms with van der Waals surface area (Å²) in [5.41, 5.74) is 5.77. The van der Waals surface area contributed by atoms with Gasteiger partial charge in [0.2, 0.25) is 0 Å². The minimum Gasteiger partial charge on any atom is -0.350 e. The highest BCUT2D eigenvalue weighted by Gasteiger charge is 2.05. The van der Waals surface area contributed by atoms with E-state index in [1.807, 2.05) is 0 Å². The largest absolute Gasteiger partial charge is 0.350 e. The van der Waals surface area contributed by atoms with Crippen LogP contribution in [0.25, 0.3) is 0 Å². The van der Waals surface area contributed by atoms with E-state index in [0.717, 1.165) is 10.6 Å². The number of carbonyl (C=O) groups excluding carboxylic acids is 1. The average Bonchev–Trinajstić information content (AvgIpc) is 2.19. The van der Waals surface area contributed by atoms with Crippen molar-refractivity contribution in [2.45, 2.75) is 6.61 Å². The third-order valence-corrected chi connectivity index (χ3v) is 2.46. The zero-order valence-corrected chi connectivity index (χ0v) is 9.55. The van der Waals surface area contributed by atoms with Gasteiger partial charge >= 0.3 is 6.03 Å². The Hall–Kier alpha value is -0.970. The molecule has 0 fully saturated rings. The van der Waals surface area contributed by atoms with Gasteiger partial charge in [-0.15, -0.1) is 0 Å². The summed E-state index contributed by atoms with van der Waals surface area (Å²) in [7, 11) is 1.43. The first kappa shape index (κ1) is 12.1. The Balaban J connectivity index is 2.58. The normalized spacial score (nSPS) is 10.1. The molecular formula is C9H10Cl2N2O2. The van der Waals surface area contributed by atoms with E-state index in [0.29, 0.717) is 10.0 Å². The lowest BCUT2D eigenvalue weighted by molar-refractivity contribution is -0.107. The van der Waals surface area contributed by atoms with Crippen LogP contribution in [0.3, 0.4) is 0 Å². The van der Waals surface area contributed by atoms with Crippen LogP contribution in [0, 0.1) is 0 Å². The van der Waals surface area contributed by atoms with E-state index in [4.69, 9.17) is 33.8 Å². The van der Waals surface area contributed by atoms with Crippen molar-refractivity contribution in [2.75, 3.05) is 7.05 Å². The van der Waals surface area contributed by atoms with Crippen molar-refractivity contribution in [2.24, 2.45) is 5.73 Å². The maximum Gasteiger partial charge on any atom is 0.338 e. The molecule has 0 aliphatic carbocycles. The fraction of sp³-hybridized carbons (Fsp3) is 0.222. The number of halogens is 2. The Morgan fingerprint density at radius 1 is 1.47 bits per heavy atom. The third kappa shape index (κ3) is 3.58. The first-order chi connectivity index (χ1) is 7.00. The SMILES string of the molecule is CN(OCc1ccc(Cl)c(Cl)c1)C(N)=O. The number of nitrogens with two attached hydrogens (primary N) is 1. The first-order valence-corrected chi connectivity index (χ1v) is 4.86. The van der Waals surface area contributed by atoms with Gasteiger partial charge in [-0.1, -0.05) is 29.3 Å². The number of hydrogen-bond donors (Lipinski definition) is 1. The molecule has 1 aromatic carbocycles. The van der Waals surface area contributed by atoms with Crippen molar-refractivity contribution < 1.29 is 9.63 Å². The van der Waals surface area contributed by atoms with Crippen LogP contribution in [0.5, 0.6) is 0 Å². The summed E-state index contributed by atoms with van der Waals surface area (Å²) in [5.74, 6) is 0. The maximum absolute atomic E-state index is 10.6. The minimum absolute atomic E-state index is 0.205. The standard InChI is InChI=1S/C9H10Cl2N2O2/c1-13(9(12)14)15-5-6-2-3-7(10)8(11)4-6/h2-4H,5H2,1H3,(H2,12,14). The van der Waals surface area contributed by atoms with Gasteiger partial charge in [0.25, 0.3) is 0 Å². The molecular weight excluding hydrogens is 239 g/mol. The number of primary amides is 1. The van der Waals surface area contributed by atoms with E-state index in [1.165, 1.54) is 7.05 Å². The second-order valence-corrected chi connectivity index (χ2v) is 3.67. The van der Waals surface area contributed by atoms with Crippen LogP contribution in [0.2, 0.25) is 10.0 Å². The summed E-state index contributed by atoms with van der Waals surface area (Å²) in [4.78, 5) is 15.7. The van der Waals surface area contributed by atoms with Crippen LogP contribution in [-0.2, 0) is 11.4 Å².